The van der Waals surface area contributed by atoms with Crippen molar-refractivity contribution in [3.05, 3.63) is 34.7 Å². The van der Waals surface area contributed by atoms with Gasteiger partial charge >= 0.3 is 0 Å². The quantitative estimate of drug-likeness (QED) is 0.773. The number of hydrogen-bond acceptors (Lipinski definition) is 5. The number of hydrogen-bond donors (Lipinski definition) is 0. The molecule has 0 unspecified atom stereocenters. The zero-order valence-electron chi connectivity index (χ0n) is 13.7. The number of fused-ring (bicyclic) bond motifs is 1. The van der Waals surface area contributed by atoms with Crippen LogP contribution in [-0.2, 0) is 14.4 Å². The number of amidine groups is 1. The first-order valence-electron chi connectivity index (χ1n) is 7.74. The van der Waals surface area contributed by atoms with Crippen LogP contribution in [0.1, 0.15) is 26.3 Å². The van der Waals surface area contributed by atoms with Crippen LogP contribution in [0.25, 0.3) is 5.57 Å². The second-order valence-electron chi connectivity index (χ2n) is 5.29. The van der Waals surface area contributed by atoms with E-state index in [4.69, 9.17) is 0 Å². The lowest BCUT2D eigenvalue weighted by Crippen LogP contribution is -2.32. The molecule has 6 nitrogen and oxygen atoms in total. The number of benzene rings is 1. The highest BCUT2D eigenvalue weighted by molar-refractivity contribution is 8.18. The van der Waals surface area contributed by atoms with Gasteiger partial charge in [-0.05, 0) is 31.7 Å². The van der Waals surface area contributed by atoms with Gasteiger partial charge in [-0.15, -0.1) is 0 Å². The van der Waals surface area contributed by atoms with E-state index in [1.807, 2.05) is 13.8 Å². The smallest absolute Gasteiger partial charge is 0.267 e. The Bertz CT molecular complexity index is 813. The van der Waals surface area contributed by atoms with Gasteiger partial charge in [-0.25, -0.2) is 4.90 Å². The summed E-state index contributed by atoms with van der Waals surface area (Å²) in [7, 11) is 0. The Labute approximate surface area is 144 Å². The summed E-state index contributed by atoms with van der Waals surface area (Å²) >= 11 is 1.20. The van der Waals surface area contributed by atoms with Gasteiger partial charge in [0.15, 0.2) is 5.17 Å². The molecule has 0 radical (unpaired) electrons. The van der Waals surface area contributed by atoms with Gasteiger partial charge in [-0.3, -0.25) is 24.3 Å². The number of thioether (sulfide) groups is 1. The third-order valence-corrected chi connectivity index (χ3v) is 4.96. The van der Waals surface area contributed by atoms with Gasteiger partial charge in [-0.1, -0.05) is 18.2 Å². The van der Waals surface area contributed by atoms with Crippen molar-refractivity contribution >= 4 is 45.9 Å². The molecule has 1 aromatic carbocycles. The molecule has 0 aromatic heterocycles. The number of rotatable bonds is 2. The molecule has 0 atom stereocenters. The van der Waals surface area contributed by atoms with Gasteiger partial charge in [0.25, 0.3) is 11.8 Å². The van der Waals surface area contributed by atoms with Gasteiger partial charge < -0.3 is 0 Å². The maximum absolute atomic E-state index is 12.8. The minimum atomic E-state index is -0.451. The topological polar surface area (TPSA) is 70.0 Å². The van der Waals surface area contributed by atoms with Crippen molar-refractivity contribution in [3.8, 4) is 0 Å². The van der Waals surface area contributed by atoms with E-state index in [0.717, 1.165) is 4.90 Å². The molecule has 0 saturated carbocycles. The Hall–Kier alpha value is -2.41. The Morgan fingerprint density at radius 1 is 1.17 bits per heavy atom. The van der Waals surface area contributed by atoms with E-state index in [1.165, 1.54) is 18.7 Å². The van der Waals surface area contributed by atoms with Crippen LogP contribution in [0.3, 0.4) is 0 Å². The minimum absolute atomic E-state index is 0.238. The van der Waals surface area contributed by atoms with Crippen LogP contribution in [0.2, 0.25) is 0 Å². The van der Waals surface area contributed by atoms with Gasteiger partial charge in [0.2, 0.25) is 5.91 Å². The molecule has 3 amide bonds. The summed E-state index contributed by atoms with van der Waals surface area (Å²) in [5.41, 5.74) is 1.42. The number of aliphatic imine (C=N–C) groups is 1. The molecule has 2 aliphatic heterocycles. The first-order valence-corrected chi connectivity index (χ1v) is 8.55. The van der Waals surface area contributed by atoms with Crippen LogP contribution < -0.4 is 4.90 Å². The monoisotopic (exact) mass is 343 g/mol. The highest BCUT2D eigenvalue weighted by Gasteiger charge is 2.43. The number of likely N-dealkylation sites (N-methyl/N-ethyl adjacent to an activating group) is 1. The van der Waals surface area contributed by atoms with E-state index in [1.54, 1.807) is 29.2 Å². The molecule has 0 aliphatic carbocycles. The molecule has 1 aromatic rings. The molecule has 1 fully saturated rings. The number of carbonyl (C=O) groups excluding carboxylic acids is 3. The minimum Gasteiger partial charge on any atom is -0.287 e. The van der Waals surface area contributed by atoms with Crippen LogP contribution in [0, 0.1) is 0 Å². The number of para-hydroxylation sites is 1. The Morgan fingerprint density at radius 2 is 1.88 bits per heavy atom. The highest BCUT2D eigenvalue weighted by atomic mass is 32.2. The third kappa shape index (κ3) is 2.36. The van der Waals surface area contributed by atoms with Gasteiger partial charge in [-0.2, -0.15) is 0 Å². The van der Waals surface area contributed by atoms with Crippen molar-refractivity contribution < 1.29 is 14.4 Å². The largest absolute Gasteiger partial charge is 0.287 e. The third-order valence-electron chi connectivity index (χ3n) is 3.85. The molecule has 0 spiro atoms. The van der Waals surface area contributed by atoms with E-state index in [9.17, 15) is 14.4 Å². The summed E-state index contributed by atoms with van der Waals surface area (Å²) < 4.78 is 0. The van der Waals surface area contributed by atoms with Crippen LogP contribution in [0.4, 0.5) is 5.69 Å². The van der Waals surface area contributed by atoms with Crippen LogP contribution >= 0.6 is 11.8 Å². The first-order chi connectivity index (χ1) is 11.5. The molecule has 124 valence electrons. The lowest BCUT2D eigenvalue weighted by molar-refractivity contribution is -0.124. The molecule has 0 N–H and O–H groups in total. The van der Waals surface area contributed by atoms with Crippen molar-refractivity contribution in [1.82, 2.24) is 4.90 Å². The fourth-order valence-corrected chi connectivity index (χ4v) is 4.03. The fraction of sp³-hybridized carbons (Fsp3) is 0.294. The van der Waals surface area contributed by atoms with E-state index in [0.29, 0.717) is 34.4 Å². The predicted molar refractivity (Wildman–Crippen MR) is 94.5 cm³/mol. The molecule has 7 heteroatoms. The standard InChI is InChI=1S/C17H17N3O3S/c1-4-18-17-19(5-2)16(23)14(24-17)13-11-8-6-7-9-12(11)20(10(3)21)15(13)22/h6-9H,4-5H2,1-3H3. The molecular formula is C17H17N3O3S. The average molecular weight is 343 g/mol. The van der Waals surface area contributed by atoms with Crippen molar-refractivity contribution in [2.24, 2.45) is 4.99 Å². The summed E-state index contributed by atoms with van der Waals surface area (Å²) in [5.74, 6) is -1.06. The Morgan fingerprint density at radius 3 is 2.50 bits per heavy atom. The number of carbonyl (C=O) groups is 3. The van der Waals surface area contributed by atoms with Crippen LogP contribution in [0.5, 0.6) is 0 Å². The van der Waals surface area contributed by atoms with Crippen molar-refractivity contribution in [3.63, 3.8) is 0 Å². The molecule has 2 heterocycles. The number of anilines is 1. The van der Waals surface area contributed by atoms with E-state index in [2.05, 4.69) is 4.99 Å². The number of amides is 3. The second-order valence-corrected chi connectivity index (χ2v) is 6.27. The zero-order valence-corrected chi connectivity index (χ0v) is 14.5. The average Bonchev–Trinajstić information content (AvgIpc) is 3.01. The zero-order chi connectivity index (χ0) is 17.4. The molecule has 1 saturated heterocycles. The fourth-order valence-electron chi connectivity index (χ4n) is 2.84. The molecule has 0 bridgehead atoms. The number of nitrogens with zero attached hydrogens (tertiary/aromatic N) is 3. The molecular weight excluding hydrogens is 326 g/mol. The predicted octanol–water partition coefficient (Wildman–Crippen LogP) is 2.26. The summed E-state index contributed by atoms with van der Waals surface area (Å²) in [6.07, 6.45) is 0. The Kier molecular flexibility index (Phi) is 4.28. The SMILES string of the molecule is CCN=C1SC(=C2C(=O)N(C(C)=O)c3ccccc32)C(=O)N1CC. The van der Waals surface area contributed by atoms with Crippen molar-refractivity contribution in [2.45, 2.75) is 20.8 Å². The normalized spacial score (nSPS) is 21.9. The van der Waals surface area contributed by atoms with Gasteiger partial charge in [0, 0.05) is 25.6 Å². The van der Waals surface area contributed by atoms with Crippen LogP contribution in [0.15, 0.2) is 34.2 Å². The summed E-state index contributed by atoms with van der Waals surface area (Å²) in [5, 5.41) is 0.596. The van der Waals surface area contributed by atoms with Gasteiger partial charge in [0.05, 0.1) is 16.2 Å². The van der Waals surface area contributed by atoms with E-state index >= 15 is 0 Å². The van der Waals surface area contributed by atoms with Crippen molar-refractivity contribution in [2.75, 3.05) is 18.0 Å². The highest BCUT2D eigenvalue weighted by Crippen LogP contribution is 2.44. The van der Waals surface area contributed by atoms with Crippen molar-refractivity contribution in [1.29, 1.82) is 0 Å². The Balaban J connectivity index is 2.20. The summed E-state index contributed by atoms with van der Waals surface area (Å²) in [4.78, 5) is 44.8. The molecule has 3 rings (SSSR count). The van der Waals surface area contributed by atoms with Crippen LogP contribution in [-0.4, -0.2) is 40.9 Å². The molecule has 24 heavy (non-hydrogen) atoms. The summed E-state index contributed by atoms with van der Waals surface area (Å²) in [6, 6.07) is 7.03. The maximum Gasteiger partial charge on any atom is 0.267 e. The summed E-state index contributed by atoms with van der Waals surface area (Å²) in [6.45, 7) is 6.13. The van der Waals surface area contributed by atoms with Gasteiger partial charge in [0.1, 0.15) is 0 Å². The first kappa shape index (κ1) is 16.4. The lowest BCUT2D eigenvalue weighted by atomic mass is 10.1. The maximum atomic E-state index is 12.8. The van der Waals surface area contributed by atoms with E-state index in [-0.39, 0.29) is 17.4 Å². The van der Waals surface area contributed by atoms with E-state index < -0.39 is 5.91 Å². The second kappa shape index (κ2) is 6.24. The molecule has 2 aliphatic rings. The number of imide groups is 1. The lowest BCUT2D eigenvalue weighted by Gasteiger charge is -2.12.